The van der Waals surface area contributed by atoms with E-state index in [1.165, 1.54) is 0 Å². The molecule has 2 aromatic rings. The molecule has 5 heteroatoms. The summed E-state index contributed by atoms with van der Waals surface area (Å²) in [5.41, 5.74) is 1.93. The Balaban J connectivity index is 2.95. The van der Waals surface area contributed by atoms with Crippen LogP contribution in [0.2, 0.25) is 0 Å². The average molecular weight is 173 g/mol. The monoisotopic (exact) mass is 173 g/mol. The van der Waals surface area contributed by atoms with Crippen LogP contribution in [0.4, 0.5) is 0 Å². The molecular formula is C8H8BN3O. The van der Waals surface area contributed by atoms with Gasteiger partial charge in [0.1, 0.15) is 0 Å². The van der Waals surface area contributed by atoms with Crippen molar-refractivity contribution in [3.8, 4) is 0 Å². The van der Waals surface area contributed by atoms with Gasteiger partial charge in [-0.05, 0) is 18.6 Å². The Kier molecular flexibility index (Phi) is 1.65. The van der Waals surface area contributed by atoms with Gasteiger partial charge < -0.3 is 4.98 Å². The summed E-state index contributed by atoms with van der Waals surface area (Å²) in [6.07, 6.45) is 1.70. The highest BCUT2D eigenvalue weighted by molar-refractivity contribution is 6.29. The number of aryl methyl sites for hydroxylation is 1. The standard InChI is InChI=1S/C8H8BN3O/c1-4-2-5-6(10-3-4)11-8(9)12-7(5)13/h2-3H,9H2,1H3,(H,10,11,12,13). The zero-order valence-electron chi connectivity index (χ0n) is 7.46. The van der Waals surface area contributed by atoms with E-state index in [1.807, 2.05) is 6.92 Å². The zero-order chi connectivity index (χ0) is 9.42. The summed E-state index contributed by atoms with van der Waals surface area (Å²) >= 11 is 0. The van der Waals surface area contributed by atoms with E-state index in [2.05, 4.69) is 15.0 Å². The normalized spacial score (nSPS) is 10.5. The fraction of sp³-hybridized carbons (Fsp3) is 0.125. The van der Waals surface area contributed by atoms with Crippen LogP contribution < -0.4 is 11.3 Å². The number of H-pyrrole nitrogens is 1. The Morgan fingerprint density at radius 3 is 3.08 bits per heavy atom. The molecule has 1 N–H and O–H groups in total. The van der Waals surface area contributed by atoms with E-state index >= 15 is 0 Å². The lowest BCUT2D eigenvalue weighted by Crippen LogP contribution is -2.23. The lowest BCUT2D eigenvalue weighted by Gasteiger charge is -1.98. The van der Waals surface area contributed by atoms with Crippen LogP contribution in [0.5, 0.6) is 0 Å². The molecule has 2 heterocycles. The molecule has 0 unspecified atom stereocenters. The van der Waals surface area contributed by atoms with E-state index in [-0.39, 0.29) is 5.56 Å². The fourth-order valence-corrected chi connectivity index (χ4v) is 1.24. The number of rotatable bonds is 0. The predicted molar refractivity (Wildman–Crippen MR) is 53.1 cm³/mol. The van der Waals surface area contributed by atoms with Crippen molar-refractivity contribution in [1.29, 1.82) is 0 Å². The van der Waals surface area contributed by atoms with Crippen LogP contribution in [0.15, 0.2) is 17.1 Å². The van der Waals surface area contributed by atoms with Crippen molar-refractivity contribution in [1.82, 2.24) is 15.0 Å². The molecule has 0 amide bonds. The summed E-state index contributed by atoms with van der Waals surface area (Å²) in [5.74, 6) is 0. The smallest absolute Gasteiger partial charge is 0.259 e. The highest BCUT2D eigenvalue weighted by Gasteiger charge is 2.01. The van der Waals surface area contributed by atoms with Gasteiger partial charge in [0.2, 0.25) is 0 Å². The second-order valence-corrected chi connectivity index (χ2v) is 3.04. The van der Waals surface area contributed by atoms with Gasteiger partial charge >= 0.3 is 0 Å². The quantitative estimate of drug-likeness (QED) is 0.513. The number of pyridine rings is 1. The number of fused-ring (bicyclic) bond motifs is 1. The van der Waals surface area contributed by atoms with Crippen molar-refractivity contribution < 1.29 is 0 Å². The molecule has 64 valence electrons. The number of aromatic amines is 1. The van der Waals surface area contributed by atoms with Gasteiger partial charge in [0.05, 0.1) is 11.1 Å². The Morgan fingerprint density at radius 2 is 2.31 bits per heavy atom. The molecule has 0 saturated heterocycles. The maximum absolute atomic E-state index is 11.4. The van der Waals surface area contributed by atoms with Crippen molar-refractivity contribution in [3.05, 3.63) is 28.2 Å². The lowest BCUT2D eigenvalue weighted by atomic mass is 10.1. The van der Waals surface area contributed by atoms with Crippen LogP contribution in [-0.2, 0) is 0 Å². The van der Waals surface area contributed by atoms with Crippen molar-refractivity contribution in [2.24, 2.45) is 0 Å². The third-order valence-electron chi connectivity index (χ3n) is 1.82. The average Bonchev–Trinajstić information content (AvgIpc) is 2.06. The second kappa shape index (κ2) is 2.69. The summed E-state index contributed by atoms with van der Waals surface area (Å²) in [6.45, 7) is 1.89. The number of nitrogens with zero attached hydrogens (tertiary/aromatic N) is 2. The molecule has 0 aromatic carbocycles. The molecule has 0 aliphatic rings. The van der Waals surface area contributed by atoms with Gasteiger partial charge in [0.15, 0.2) is 13.5 Å². The lowest BCUT2D eigenvalue weighted by molar-refractivity contribution is 1.18. The molecule has 0 saturated carbocycles. The molecule has 13 heavy (non-hydrogen) atoms. The molecule has 0 aliphatic heterocycles. The topological polar surface area (TPSA) is 58.6 Å². The molecule has 0 atom stereocenters. The Labute approximate surface area is 75.5 Å². The van der Waals surface area contributed by atoms with Gasteiger partial charge in [-0.2, -0.15) is 0 Å². The van der Waals surface area contributed by atoms with Gasteiger partial charge in [0.25, 0.3) is 5.56 Å². The van der Waals surface area contributed by atoms with Crippen LogP contribution in [0.1, 0.15) is 5.56 Å². The largest absolute Gasteiger partial charge is 0.319 e. The maximum Gasteiger partial charge on any atom is 0.259 e. The predicted octanol–water partition coefficient (Wildman–Crippen LogP) is -1.12. The minimum atomic E-state index is -0.126. The third kappa shape index (κ3) is 1.33. The summed E-state index contributed by atoms with van der Waals surface area (Å²) in [7, 11) is 1.74. The van der Waals surface area contributed by atoms with Gasteiger partial charge in [-0.1, -0.05) is 0 Å². The maximum atomic E-state index is 11.4. The molecule has 2 aromatic heterocycles. The fourth-order valence-electron chi connectivity index (χ4n) is 1.24. The van der Waals surface area contributed by atoms with Crippen LogP contribution >= 0.6 is 0 Å². The Hall–Kier alpha value is -1.65. The molecular weight excluding hydrogens is 165 g/mol. The minimum Gasteiger partial charge on any atom is -0.319 e. The summed E-state index contributed by atoms with van der Waals surface area (Å²) in [5, 5.41) is 0.547. The third-order valence-corrected chi connectivity index (χ3v) is 1.82. The van der Waals surface area contributed by atoms with Crippen molar-refractivity contribution in [3.63, 3.8) is 0 Å². The highest BCUT2D eigenvalue weighted by Crippen LogP contribution is 2.03. The van der Waals surface area contributed by atoms with Crippen LogP contribution in [0, 0.1) is 6.92 Å². The summed E-state index contributed by atoms with van der Waals surface area (Å²) < 4.78 is 0. The van der Waals surface area contributed by atoms with Gasteiger partial charge in [-0.25, -0.2) is 9.97 Å². The molecule has 0 fully saturated rings. The Bertz CT molecular complexity index is 520. The summed E-state index contributed by atoms with van der Waals surface area (Å²) in [6, 6.07) is 1.79. The molecule has 0 aliphatic carbocycles. The summed E-state index contributed by atoms with van der Waals surface area (Å²) in [4.78, 5) is 22.2. The van der Waals surface area contributed by atoms with E-state index in [0.29, 0.717) is 16.8 Å². The molecule has 2 rings (SSSR count). The zero-order valence-corrected chi connectivity index (χ0v) is 7.46. The van der Waals surface area contributed by atoms with Crippen LogP contribution in [-0.4, -0.2) is 22.8 Å². The van der Waals surface area contributed by atoms with Gasteiger partial charge in [-0.3, -0.25) is 4.79 Å². The molecule has 0 bridgehead atoms. The van der Waals surface area contributed by atoms with Crippen LogP contribution in [0.25, 0.3) is 11.0 Å². The van der Waals surface area contributed by atoms with E-state index in [4.69, 9.17) is 0 Å². The highest BCUT2D eigenvalue weighted by atomic mass is 16.1. The molecule has 4 nitrogen and oxygen atoms in total. The minimum absolute atomic E-state index is 0.126. The van der Waals surface area contributed by atoms with E-state index in [0.717, 1.165) is 5.56 Å². The first-order valence-electron chi connectivity index (χ1n) is 4.00. The van der Waals surface area contributed by atoms with E-state index in [9.17, 15) is 4.79 Å². The molecule has 0 spiro atoms. The van der Waals surface area contributed by atoms with Crippen LogP contribution in [0.3, 0.4) is 0 Å². The second-order valence-electron chi connectivity index (χ2n) is 3.04. The van der Waals surface area contributed by atoms with Crippen molar-refractivity contribution >= 4 is 24.6 Å². The van der Waals surface area contributed by atoms with Crippen molar-refractivity contribution in [2.75, 3.05) is 0 Å². The number of nitrogens with one attached hydrogen (secondary N) is 1. The van der Waals surface area contributed by atoms with Gasteiger partial charge in [0, 0.05) is 6.20 Å². The van der Waals surface area contributed by atoms with Gasteiger partial charge in [-0.15, -0.1) is 0 Å². The Morgan fingerprint density at radius 1 is 1.54 bits per heavy atom. The molecule has 0 radical (unpaired) electrons. The first kappa shape index (κ1) is 7.98. The SMILES string of the molecule is Bc1nc2ncc(C)cc2c(=O)[nH]1. The number of hydrogen-bond donors (Lipinski definition) is 1. The first-order valence-corrected chi connectivity index (χ1v) is 4.00. The van der Waals surface area contributed by atoms with Crippen molar-refractivity contribution in [2.45, 2.75) is 6.92 Å². The number of hydrogen-bond acceptors (Lipinski definition) is 3. The van der Waals surface area contributed by atoms with E-state index < -0.39 is 0 Å². The number of aromatic nitrogens is 3. The van der Waals surface area contributed by atoms with E-state index in [1.54, 1.807) is 20.1 Å². The first-order chi connectivity index (χ1) is 6.16.